The van der Waals surface area contributed by atoms with E-state index in [0.29, 0.717) is 0 Å². The van der Waals surface area contributed by atoms with Gasteiger partial charge in [-0.15, -0.1) is 0 Å². The number of hydrogen-bond acceptors (Lipinski definition) is 2. The zero-order chi connectivity index (χ0) is 17.0. The first kappa shape index (κ1) is 16.7. The molecule has 2 rings (SSSR count). The molecule has 4 nitrogen and oxygen atoms in total. The van der Waals surface area contributed by atoms with Crippen LogP contribution in [0.15, 0.2) is 42.5 Å². The summed E-state index contributed by atoms with van der Waals surface area (Å²) in [5.41, 5.74) is 4.73. The van der Waals surface area contributed by atoms with Gasteiger partial charge in [-0.05, 0) is 55.7 Å². The van der Waals surface area contributed by atoms with Crippen molar-refractivity contribution in [3.8, 4) is 0 Å². The number of amides is 2. The molecule has 4 heteroatoms. The van der Waals surface area contributed by atoms with E-state index in [2.05, 4.69) is 5.32 Å². The lowest BCUT2D eigenvalue weighted by Gasteiger charge is -2.22. The lowest BCUT2D eigenvalue weighted by atomic mass is 10.1. The van der Waals surface area contributed by atoms with Gasteiger partial charge in [0.2, 0.25) is 11.8 Å². The Morgan fingerprint density at radius 3 is 2.26 bits per heavy atom. The van der Waals surface area contributed by atoms with Crippen LogP contribution in [0.1, 0.15) is 23.6 Å². The topological polar surface area (TPSA) is 49.4 Å². The molecule has 23 heavy (non-hydrogen) atoms. The second-order valence-corrected chi connectivity index (χ2v) is 5.74. The van der Waals surface area contributed by atoms with Crippen LogP contribution in [0, 0.1) is 20.8 Å². The Morgan fingerprint density at radius 1 is 0.957 bits per heavy atom. The van der Waals surface area contributed by atoms with Crippen LogP contribution in [0.5, 0.6) is 0 Å². The maximum Gasteiger partial charge on any atom is 0.244 e. The SMILES string of the molecule is CC(=O)N(CC(=O)Nc1ccccc1C)c1ccc(C)c(C)c1. The molecule has 0 bridgehead atoms. The fourth-order valence-corrected chi connectivity index (χ4v) is 2.32. The molecule has 1 N–H and O–H groups in total. The van der Waals surface area contributed by atoms with Gasteiger partial charge >= 0.3 is 0 Å². The molecule has 0 aliphatic rings. The number of nitrogens with one attached hydrogen (secondary N) is 1. The van der Waals surface area contributed by atoms with Gasteiger partial charge in [0.1, 0.15) is 6.54 Å². The van der Waals surface area contributed by atoms with E-state index in [0.717, 1.165) is 28.1 Å². The molecular weight excluding hydrogens is 288 g/mol. The number of nitrogens with zero attached hydrogens (tertiary/aromatic N) is 1. The van der Waals surface area contributed by atoms with Crippen molar-refractivity contribution in [3.63, 3.8) is 0 Å². The van der Waals surface area contributed by atoms with E-state index < -0.39 is 0 Å². The quantitative estimate of drug-likeness (QED) is 0.938. The summed E-state index contributed by atoms with van der Waals surface area (Å²) < 4.78 is 0. The lowest BCUT2D eigenvalue weighted by Crippen LogP contribution is -2.36. The van der Waals surface area contributed by atoms with Gasteiger partial charge in [-0.1, -0.05) is 24.3 Å². The van der Waals surface area contributed by atoms with E-state index in [1.807, 2.05) is 63.2 Å². The third kappa shape index (κ3) is 4.19. The van der Waals surface area contributed by atoms with Crippen molar-refractivity contribution < 1.29 is 9.59 Å². The minimum Gasteiger partial charge on any atom is -0.324 e. The van der Waals surface area contributed by atoms with Gasteiger partial charge in [-0.2, -0.15) is 0 Å². The maximum atomic E-state index is 12.3. The van der Waals surface area contributed by atoms with Crippen LogP contribution >= 0.6 is 0 Å². The zero-order valence-corrected chi connectivity index (χ0v) is 14.0. The van der Waals surface area contributed by atoms with E-state index in [9.17, 15) is 9.59 Å². The monoisotopic (exact) mass is 310 g/mol. The summed E-state index contributed by atoms with van der Waals surface area (Å²) in [4.78, 5) is 25.7. The van der Waals surface area contributed by atoms with E-state index in [1.54, 1.807) is 0 Å². The summed E-state index contributed by atoms with van der Waals surface area (Å²) in [6.45, 7) is 7.40. The van der Waals surface area contributed by atoms with Crippen molar-refractivity contribution in [2.24, 2.45) is 0 Å². The van der Waals surface area contributed by atoms with E-state index >= 15 is 0 Å². The number of hydrogen-bond donors (Lipinski definition) is 1. The highest BCUT2D eigenvalue weighted by atomic mass is 16.2. The van der Waals surface area contributed by atoms with Gasteiger partial charge in [-0.25, -0.2) is 0 Å². The molecule has 2 amide bonds. The highest BCUT2D eigenvalue weighted by molar-refractivity contribution is 6.02. The molecule has 0 heterocycles. The van der Waals surface area contributed by atoms with Gasteiger partial charge in [0.25, 0.3) is 0 Å². The largest absolute Gasteiger partial charge is 0.324 e. The summed E-state index contributed by atoms with van der Waals surface area (Å²) in [6.07, 6.45) is 0. The molecule has 0 radical (unpaired) electrons. The summed E-state index contributed by atoms with van der Waals surface area (Å²) >= 11 is 0. The van der Waals surface area contributed by atoms with Crippen molar-refractivity contribution in [3.05, 3.63) is 59.2 Å². The fraction of sp³-hybridized carbons (Fsp3) is 0.263. The van der Waals surface area contributed by atoms with Crippen LogP contribution in [0.3, 0.4) is 0 Å². The second-order valence-electron chi connectivity index (χ2n) is 5.74. The number of benzene rings is 2. The molecule has 0 unspecified atom stereocenters. The molecule has 0 saturated carbocycles. The predicted molar refractivity (Wildman–Crippen MR) is 93.8 cm³/mol. The summed E-state index contributed by atoms with van der Waals surface area (Å²) in [7, 11) is 0. The minimum absolute atomic E-state index is 0.00777. The predicted octanol–water partition coefficient (Wildman–Crippen LogP) is 3.60. The van der Waals surface area contributed by atoms with Gasteiger partial charge < -0.3 is 10.2 Å². The first-order valence-corrected chi connectivity index (χ1v) is 7.59. The molecule has 0 aliphatic heterocycles. The minimum atomic E-state index is -0.215. The van der Waals surface area contributed by atoms with E-state index in [-0.39, 0.29) is 18.4 Å². The molecule has 0 fully saturated rings. The Kier molecular flexibility index (Phi) is 5.16. The van der Waals surface area contributed by atoms with Crippen molar-refractivity contribution >= 4 is 23.2 Å². The van der Waals surface area contributed by atoms with Crippen LogP contribution in [0.4, 0.5) is 11.4 Å². The first-order chi connectivity index (χ1) is 10.9. The van der Waals surface area contributed by atoms with Gasteiger partial charge in [0, 0.05) is 18.3 Å². The maximum absolute atomic E-state index is 12.3. The fourth-order valence-electron chi connectivity index (χ4n) is 2.32. The Labute approximate surface area is 137 Å². The van der Waals surface area contributed by atoms with Gasteiger partial charge in [0.05, 0.1) is 0 Å². The number of para-hydroxylation sites is 1. The standard InChI is InChI=1S/C19H22N2O2/c1-13-9-10-17(11-15(13)3)21(16(4)22)12-19(23)20-18-8-6-5-7-14(18)2/h5-11H,12H2,1-4H3,(H,20,23). The molecule has 0 aromatic heterocycles. The molecule has 0 saturated heterocycles. The van der Waals surface area contributed by atoms with Crippen molar-refractivity contribution in [2.45, 2.75) is 27.7 Å². The van der Waals surface area contributed by atoms with Crippen molar-refractivity contribution in [2.75, 3.05) is 16.8 Å². The summed E-state index contributed by atoms with van der Waals surface area (Å²) in [6, 6.07) is 13.3. The Hall–Kier alpha value is -2.62. The van der Waals surface area contributed by atoms with E-state index in [1.165, 1.54) is 11.8 Å². The first-order valence-electron chi connectivity index (χ1n) is 7.59. The van der Waals surface area contributed by atoms with Crippen LogP contribution < -0.4 is 10.2 Å². The molecule has 2 aromatic carbocycles. The Morgan fingerprint density at radius 2 is 1.65 bits per heavy atom. The molecule has 0 atom stereocenters. The number of carbonyl (C=O) groups is 2. The molecule has 2 aromatic rings. The van der Waals surface area contributed by atoms with Crippen LogP contribution in [-0.4, -0.2) is 18.4 Å². The normalized spacial score (nSPS) is 10.3. The van der Waals surface area contributed by atoms with Crippen LogP contribution in [-0.2, 0) is 9.59 Å². The van der Waals surface area contributed by atoms with Crippen LogP contribution in [0.25, 0.3) is 0 Å². The third-order valence-electron chi connectivity index (χ3n) is 3.90. The third-order valence-corrected chi connectivity index (χ3v) is 3.90. The molecule has 0 spiro atoms. The molecular formula is C19H22N2O2. The lowest BCUT2D eigenvalue weighted by molar-refractivity contribution is -0.120. The highest BCUT2D eigenvalue weighted by Gasteiger charge is 2.16. The number of carbonyl (C=O) groups excluding carboxylic acids is 2. The Balaban J connectivity index is 2.16. The summed E-state index contributed by atoms with van der Waals surface area (Å²) in [5, 5.41) is 2.86. The van der Waals surface area contributed by atoms with Crippen LogP contribution in [0.2, 0.25) is 0 Å². The van der Waals surface area contributed by atoms with Gasteiger partial charge in [-0.3, -0.25) is 9.59 Å². The zero-order valence-electron chi connectivity index (χ0n) is 14.0. The molecule has 0 aliphatic carbocycles. The average molecular weight is 310 g/mol. The van der Waals surface area contributed by atoms with Crippen molar-refractivity contribution in [1.82, 2.24) is 0 Å². The number of anilines is 2. The molecule has 120 valence electrons. The number of aryl methyl sites for hydroxylation is 3. The van der Waals surface area contributed by atoms with E-state index in [4.69, 9.17) is 0 Å². The Bertz CT molecular complexity index is 738. The summed E-state index contributed by atoms with van der Waals surface area (Å²) in [5.74, 6) is -0.374. The van der Waals surface area contributed by atoms with Gasteiger partial charge in [0.15, 0.2) is 0 Å². The average Bonchev–Trinajstić information content (AvgIpc) is 2.50. The second kappa shape index (κ2) is 7.09. The highest BCUT2D eigenvalue weighted by Crippen LogP contribution is 2.19. The smallest absolute Gasteiger partial charge is 0.244 e. The number of rotatable bonds is 4. The van der Waals surface area contributed by atoms with Crippen molar-refractivity contribution in [1.29, 1.82) is 0 Å².